The van der Waals surface area contributed by atoms with Crippen LogP contribution in [0.1, 0.15) is 34.6 Å². The van der Waals surface area contributed by atoms with Gasteiger partial charge in [-0.05, 0) is 74.5 Å². The molecule has 0 saturated carbocycles. The lowest BCUT2D eigenvalue weighted by atomic mass is 10.1. The van der Waals surface area contributed by atoms with E-state index in [2.05, 4.69) is 41.7 Å². The summed E-state index contributed by atoms with van der Waals surface area (Å²) in [4.78, 5) is 77.8. The zero-order valence-corrected chi connectivity index (χ0v) is 37.5. The first-order chi connectivity index (χ1) is 29.4. The summed E-state index contributed by atoms with van der Waals surface area (Å²) in [6.45, 7) is 2.19. The molecule has 0 aliphatic carbocycles. The fourth-order valence-electron chi connectivity index (χ4n) is 5.16. The Bertz CT molecular complexity index is 2490. The Hall–Kier alpha value is -5.16. The van der Waals surface area contributed by atoms with Crippen molar-refractivity contribution in [2.24, 2.45) is 20.5 Å². The van der Waals surface area contributed by atoms with Crippen LogP contribution in [0.25, 0.3) is 0 Å². The fourth-order valence-corrected chi connectivity index (χ4v) is 7.06. The topological polar surface area (TPSA) is 200 Å². The van der Waals surface area contributed by atoms with Crippen molar-refractivity contribution in [2.75, 3.05) is 21.3 Å². The van der Waals surface area contributed by atoms with Crippen molar-refractivity contribution < 1.29 is 28.8 Å². The molecule has 0 heterocycles. The van der Waals surface area contributed by atoms with Gasteiger partial charge in [0.1, 0.15) is 11.4 Å². The monoisotopic (exact) mass is 994 g/mol. The molecule has 62 heavy (non-hydrogen) atoms. The van der Waals surface area contributed by atoms with E-state index in [1.807, 2.05) is 0 Å². The minimum absolute atomic E-state index is 0.0353. The molecule has 0 fully saturated rings. The maximum Gasteiger partial charge on any atom is 0.258 e. The van der Waals surface area contributed by atoms with Crippen LogP contribution in [0.3, 0.4) is 0 Å². The van der Waals surface area contributed by atoms with Crippen LogP contribution in [0.15, 0.2) is 105 Å². The molecule has 0 saturated heterocycles. The second-order valence-corrected chi connectivity index (χ2v) is 15.8. The average Bonchev–Trinajstić information content (AvgIpc) is 3.20. The zero-order chi connectivity index (χ0) is 45.4. The van der Waals surface area contributed by atoms with Gasteiger partial charge in [0.25, 0.3) is 23.6 Å². The summed E-state index contributed by atoms with van der Waals surface area (Å²) < 4.78 is 0. The lowest BCUT2D eigenvalue weighted by Gasteiger charge is -2.15. The number of azo groups is 2. The van der Waals surface area contributed by atoms with Crippen molar-refractivity contribution in [1.29, 1.82) is 0 Å². The third kappa shape index (κ3) is 11.6. The summed E-state index contributed by atoms with van der Waals surface area (Å²) in [5, 5.41) is 25.8. The van der Waals surface area contributed by atoms with Crippen molar-refractivity contribution >= 4 is 162 Å². The van der Waals surface area contributed by atoms with Gasteiger partial charge in [-0.2, -0.15) is 20.5 Å². The Balaban J connectivity index is 1.28. The summed E-state index contributed by atoms with van der Waals surface area (Å²) in [6.07, 6.45) is 0. The number of nitrogens with zero attached hydrogens (tertiary/aromatic N) is 4. The molecule has 0 aliphatic rings. The van der Waals surface area contributed by atoms with Crippen LogP contribution in [-0.2, 0) is 19.2 Å². The van der Waals surface area contributed by atoms with Gasteiger partial charge < -0.3 is 21.3 Å². The zero-order valence-electron chi connectivity index (χ0n) is 31.5. The van der Waals surface area contributed by atoms with Crippen LogP contribution in [-0.4, -0.2) is 47.3 Å². The van der Waals surface area contributed by atoms with E-state index in [0.29, 0.717) is 0 Å². The maximum absolute atomic E-state index is 13.3. The highest BCUT2D eigenvalue weighted by Gasteiger charge is 2.27. The molecule has 2 unspecified atom stereocenters. The largest absolute Gasteiger partial charge is 0.322 e. The molecule has 4 N–H and O–H groups in total. The number of Topliss-reactive ketones (excluding diaryl/α,β-unsaturated/α-hetero) is 2. The molecule has 2 atom stereocenters. The van der Waals surface area contributed by atoms with E-state index in [1.54, 1.807) is 12.1 Å². The number of ketones is 2. The number of rotatable bonds is 14. The Kier molecular flexibility index (Phi) is 16.4. The number of carbonyl (C=O) groups is 6. The van der Waals surface area contributed by atoms with Gasteiger partial charge in [-0.25, -0.2) is 0 Å². The van der Waals surface area contributed by atoms with Crippen LogP contribution < -0.4 is 21.3 Å². The molecule has 5 aromatic carbocycles. The van der Waals surface area contributed by atoms with Gasteiger partial charge in [-0.3, -0.25) is 28.8 Å². The number of benzene rings is 5. The first-order valence-corrected chi connectivity index (χ1v) is 20.4. The van der Waals surface area contributed by atoms with Gasteiger partial charge in [0.2, 0.25) is 12.1 Å². The molecular formula is C40H26Cl8N8O6. The van der Waals surface area contributed by atoms with Gasteiger partial charge >= 0.3 is 0 Å². The number of para-hydroxylation sites is 2. The second-order valence-electron chi connectivity index (χ2n) is 12.6. The minimum Gasteiger partial charge on any atom is -0.322 e. The van der Waals surface area contributed by atoms with Crippen molar-refractivity contribution in [3.05, 3.63) is 136 Å². The molecule has 22 heteroatoms. The SMILES string of the molecule is CC(=O)C(N=Nc1cccc(C(=O)Nc2c(Cl)cccc2Cl)c1Cl)C(=O)Nc1cc(Cl)c(NC(=O)C(N=Nc2cccc(C(=O)Nc3c(Cl)cccc3Cl)c2Cl)C(C)=O)cc1Cl. The summed E-state index contributed by atoms with van der Waals surface area (Å²) in [7, 11) is 0. The van der Waals surface area contributed by atoms with Crippen LogP contribution in [0.2, 0.25) is 40.2 Å². The summed E-state index contributed by atoms with van der Waals surface area (Å²) in [5.74, 6) is -4.74. The predicted octanol–water partition coefficient (Wildman–Crippen LogP) is 12.8. The molecule has 318 valence electrons. The highest BCUT2D eigenvalue weighted by Crippen LogP contribution is 2.36. The van der Waals surface area contributed by atoms with Gasteiger partial charge in [0.15, 0.2) is 11.6 Å². The van der Waals surface area contributed by atoms with Gasteiger partial charge in [0.05, 0.1) is 74.1 Å². The Morgan fingerprint density at radius 1 is 0.452 bits per heavy atom. The van der Waals surface area contributed by atoms with E-state index >= 15 is 0 Å². The number of hydrogen-bond donors (Lipinski definition) is 4. The van der Waals surface area contributed by atoms with Crippen LogP contribution in [0, 0.1) is 0 Å². The van der Waals surface area contributed by atoms with Gasteiger partial charge in [-0.1, -0.05) is 117 Å². The maximum atomic E-state index is 13.3. The third-order valence-corrected chi connectivity index (χ3v) is 10.9. The summed E-state index contributed by atoms with van der Waals surface area (Å²) in [6, 6.07) is 16.8. The summed E-state index contributed by atoms with van der Waals surface area (Å²) >= 11 is 50.4. The molecule has 5 aromatic rings. The number of carbonyl (C=O) groups excluding carboxylic acids is 6. The molecule has 5 rings (SSSR count). The average molecular weight is 998 g/mol. The Morgan fingerprint density at radius 3 is 1.10 bits per heavy atom. The minimum atomic E-state index is -1.72. The quantitative estimate of drug-likeness (QED) is 0.0630. The fraction of sp³-hybridized carbons (Fsp3) is 0.100. The molecule has 4 amide bonds. The van der Waals surface area contributed by atoms with Crippen LogP contribution in [0.4, 0.5) is 34.1 Å². The molecule has 0 radical (unpaired) electrons. The molecule has 0 spiro atoms. The standard InChI is InChI=1S/C40H26Cl8N8O6/c1-17(57)33(55-53-27-13-3-7-19(31(27)47)37(59)51-35-21(41)9-5-10-22(35)42)39(61)49-29-15-26(46)30(16-25(29)45)50-40(62)34(18(2)58)56-54-28-14-4-8-20(32(28)48)38(60)52-36-23(43)11-6-12-24(36)44/h3-16,33-34H,1-2H3,(H,49,61)(H,50,62)(H,51,59)(H,52,60). The number of anilines is 4. The first kappa shape index (κ1) is 47.9. The Morgan fingerprint density at radius 2 is 0.774 bits per heavy atom. The van der Waals surface area contributed by atoms with Gasteiger partial charge in [-0.15, -0.1) is 0 Å². The molecular weight excluding hydrogens is 972 g/mol. The van der Waals surface area contributed by atoms with Crippen molar-refractivity contribution in [3.63, 3.8) is 0 Å². The molecule has 0 aliphatic heterocycles. The first-order valence-electron chi connectivity index (χ1n) is 17.4. The highest BCUT2D eigenvalue weighted by molar-refractivity contribution is 6.42. The second kappa shape index (κ2) is 21.3. The predicted molar refractivity (Wildman–Crippen MR) is 243 cm³/mol. The smallest absolute Gasteiger partial charge is 0.258 e. The third-order valence-electron chi connectivity index (χ3n) is 8.25. The number of amides is 4. The highest BCUT2D eigenvalue weighted by atomic mass is 35.5. The van der Waals surface area contributed by atoms with Crippen molar-refractivity contribution in [3.8, 4) is 0 Å². The van der Waals surface area contributed by atoms with E-state index in [4.69, 9.17) is 92.8 Å². The van der Waals surface area contributed by atoms with Gasteiger partial charge in [0, 0.05) is 0 Å². The van der Waals surface area contributed by atoms with Crippen LogP contribution in [0.5, 0.6) is 0 Å². The van der Waals surface area contributed by atoms with Crippen molar-refractivity contribution in [1.82, 2.24) is 0 Å². The molecule has 14 nitrogen and oxygen atoms in total. The van der Waals surface area contributed by atoms with E-state index in [1.165, 1.54) is 72.8 Å². The van der Waals surface area contributed by atoms with Crippen molar-refractivity contribution in [2.45, 2.75) is 25.9 Å². The molecule has 0 aromatic heterocycles. The lowest BCUT2D eigenvalue weighted by molar-refractivity contribution is -0.127. The van der Waals surface area contributed by atoms with E-state index < -0.39 is 47.3 Å². The van der Waals surface area contributed by atoms with E-state index in [0.717, 1.165) is 13.8 Å². The van der Waals surface area contributed by atoms with E-state index in [-0.39, 0.29) is 85.4 Å². The molecule has 0 bridgehead atoms. The Labute approximate surface area is 392 Å². The number of hydrogen-bond acceptors (Lipinski definition) is 10. The lowest BCUT2D eigenvalue weighted by Crippen LogP contribution is -2.32. The summed E-state index contributed by atoms with van der Waals surface area (Å²) in [5.41, 5.74) is -0.0310. The van der Waals surface area contributed by atoms with Crippen LogP contribution >= 0.6 is 92.8 Å². The number of nitrogens with one attached hydrogen (secondary N) is 4. The normalized spacial score (nSPS) is 12.2. The van der Waals surface area contributed by atoms with E-state index in [9.17, 15) is 28.8 Å². The number of halogens is 8.